The van der Waals surface area contributed by atoms with E-state index in [9.17, 15) is 4.79 Å². The second kappa shape index (κ2) is 8.53. The summed E-state index contributed by atoms with van der Waals surface area (Å²) in [5, 5.41) is 6.84. The van der Waals surface area contributed by atoms with Crippen molar-refractivity contribution in [3.05, 3.63) is 35.9 Å². The molecule has 2 aliphatic heterocycles. The van der Waals surface area contributed by atoms with Crippen molar-refractivity contribution in [2.24, 2.45) is 11.8 Å². The molecule has 1 aliphatic carbocycles. The van der Waals surface area contributed by atoms with Crippen LogP contribution in [0.5, 0.6) is 0 Å². The van der Waals surface area contributed by atoms with E-state index in [0.29, 0.717) is 12.0 Å². The zero-order valence-corrected chi connectivity index (χ0v) is 15.8. The Morgan fingerprint density at radius 2 is 2.00 bits per heavy atom. The molecule has 4 nitrogen and oxygen atoms in total. The molecular formula is C22H33N3O. The van der Waals surface area contributed by atoms with Crippen molar-refractivity contribution in [2.75, 3.05) is 26.2 Å². The molecule has 3 fully saturated rings. The predicted molar refractivity (Wildman–Crippen MR) is 105 cm³/mol. The molecule has 1 aromatic carbocycles. The molecule has 2 saturated heterocycles. The van der Waals surface area contributed by atoms with E-state index < -0.39 is 0 Å². The first kappa shape index (κ1) is 18.0. The molecule has 0 radical (unpaired) electrons. The van der Waals surface area contributed by atoms with Crippen LogP contribution in [-0.4, -0.2) is 49.1 Å². The molecule has 4 unspecified atom stereocenters. The van der Waals surface area contributed by atoms with Gasteiger partial charge in [0.25, 0.3) is 0 Å². The molecule has 4 atom stereocenters. The quantitative estimate of drug-likeness (QED) is 0.824. The number of carbonyl (C=O) groups excluding carboxylic acids is 1. The van der Waals surface area contributed by atoms with Crippen molar-refractivity contribution in [2.45, 2.75) is 57.0 Å². The van der Waals surface area contributed by atoms with Gasteiger partial charge >= 0.3 is 0 Å². The third kappa shape index (κ3) is 4.47. The Kier molecular flexibility index (Phi) is 5.91. The van der Waals surface area contributed by atoms with Gasteiger partial charge in [0.2, 0.25) is 5.91 Å². The third-order valence-electron chi connectivity index (χ3n) is 6.67. The number of likely N-dealkylation sites (tertiary alicyclic amines) is 1. The highest BCUT2D eigenvalue weighted by atomic mass is 16.2. The lowest BCUT2D eigenvalue weighted by Crippen LogP contribution is -2.44. The summed E-state index contributed by atoms with van der Waals surface area (Å²) in [5.74, 6) is 1.58. The Bertz CT molecular complexity index is 576. The molecular weight excluding hydrogens is 322 g/mol. The van der Waals surface area contributed by atoms with Crippen molar-refractivity contribution in [1.29, 1.82) is 0 Å². The van der Waals surface area contributed by atoms with Gasteiger partial charge in [0.15, 0.2) is 0 Å². The number of hydrogen-bond donors (Lipinski definition) is 2. The fourth-order valence-corrected chi connectivity index (χ4v) is 5.10. The molecule has 1 amide bonds. The Labute approximate surface area is 157 Å². The fraction of sp³-hybridized carbons (Fsp3) is 0.682. The Balaban J connectivity index is 1.16. The fourth-order valence-electron chi connectivity index (χ4n) is 5.10. The van der Waals surface area contributed by atoms with Gasteiger partial charge in [-0.2, -0.15) is 0 Å². The van der Waals surface area contributed by atoms with Crippen LogP contribution < -0.4 is 10.6 Å². The minimum Gasteiger partial charge on any atom is -0.354 e. The van der Waals surface area contributed by atoms with Crippen LogP contribution in [0.2, 0.25) is 0 Å². The van der Waals surface area contributed by atoms with Crippen molar-refractivity contribution in [3.8, 4) is 0 Å². The Hall–Kier alpha value is -1.39. The standard InChI is InChI=1S/C22H33N3O/c26-22(21-14-19-8-4-5-9-20(19)24-21)23-15-18-11-13-25(16-18)12-10-17-6-2-1-3-7-17/h1-3,6-7,18-21,24H,4-5,8-16H2,(H,23,26). The molecule has 2 N–H and O–H groups in total. The van der Waals surface area contributed by atoms with Gasteiger partial charge in [-0.1, -0.05) is 43.2 Å². The van der Waals surface area contributed by atoms with Crippen LogP contribution >= 0.6 is 0 Å². The van der Waals surface area contributed by atoms with Crippen LogP contribution in [0, 0.1) is 11.8 Å². The van der Waals surface area contributed by atoms with Crippen molar-refractivity contribution in [1.82, 2.24) is 15.5 Å². The number of fused-ring (bicyclic) bond motifs is 1. The highest BCUT2D eigenvalue weighted by molar-refractivity contribution is 5.82. The SMILES string of the molecule is O=C(NCC1CCN(CCc2ccccc2)C1)C1CC2CCCCC2N1. The van der Waals surface area contributed by atoms with E-state index in [1.807, 2.05) is 0 Å². The third-order valence-corrected chi connectivity index (χ3v) is 6.67. The molecule has 0 aromatic heterocycles. The van der Waals surface area contributed by atoms with E-state index in [1.165, 1.54) is 44.2 Å². The minimum absolute atomic E-state index is 0.0543. The Morgan fingerprint density at radius 3 is 2.85 bits per heavy atom. The zero-order chi connectivity index (χ0) is 17.8. The van der Waals surface area contributed by atoms with Gasteiger partial charge in [-0.05, 0) is 56.0 Å². The number of nitrogens with zero attached hydrogens (tertiary/aromatic N) is 1. The van der Waals surface area contributed by atoms with Gasteiger partial charge in [0, 0.05) is 25.7 Å². The molecule has 4 heteroatoms. The lowest BCUT2D eigenvalue weighted by atomic mass is 9.85. The van der Waals surface area contributed by atoms with Gasteiger partial charge in [-0.3, -0.25) is 4.79 Å². The van der Waals surface area contributed by atoms with E-state index in [-0.39, 0.29) is 11.9 Å². The molecule has 4 rings (SSSR count). The molecule has 1 aromatic rings. The lowest BCUT2D eigenvalue weighted by Gasteiger charge is -2.24. The van der Waals surface area contributed by atoms with E-state index in [0.717, 1.165) is 38.4 Å². The summed E-state index contributed by atoms with van der Waals surface area (Å²) in [6.07, 6.45) is 8.60. The van der Waals surface area contributed by atoms with Gasteiger partial charge in [-0.25, -0.2) is 0 Å². The van der Waals surface area contributed by atoms with Crippen LogP contribution in [0.1, 0.15) is 44.1 Å². The van der Waals surface area contributed by atoms with Crippen molar-refractivity contribution in [3.63, 3.8) is 0 Å². The maximum Gasteiger partial charge on any atom is 0.237 e. The molecule has 2 heterocycles. The van der Waals surface area contributed by atoms with Crippen LogP contribution in [0.25, 0.3) is 0 Å². The molecule has 142 valence electrons. The largest absolute Gasteiger partial charge is 0.354 e. The predicted octanol–water partition coefficient (Wildman–Crippen LogP) is 2.59. The second-order valence-electron chi connectivity index (χ2n) is 8.54. The highest BCUT2D eigenvalue weighted by Crippen LogP contribution is 2.33. The summed E-state index contributed by atoms with van der Waals surface area (Å²) < 4.78 is 0. The molecule has 3 aliphatic rings. The lowest BCUT2D eigenvalue weighted by molar-refractivity contribution is -0.123. The van der Waals surface area contributed by atoms with Crippen LogP contribution in [0.3, 0.4) is 0 Å². The number of nitrogens with one attached hydrogen (secondary N) is 2. The molecule has 0 spiro atoms. The zero-order valence-electron chi connectivity index (χ0n) is 15.8. The monoisotopic (exact) mass is 355 g/mol. The maximum absolute atomic E-state index is 12.6. The van der Waals surface area contributed by atoms with E-state index >= 15 is 0 Å². The summed E-state index contributed by atoms with van der Waals surface area (Å²) in [5.41, 5.74) is 1.41. The number of rotatable bonds is 6. The first-order valence-electron chi connectivity index (χ1n) is 10.6. The molecule has 1 saturated carbocycles. The summed E-state index contributed by atoms with van der Waals surface area (Å²) in [7, 11) is 0. The second-order valence-corrected chi connectivity index (χ2v) is 8.54. The number of carbonyl (C=O) groups is 1. The van der Waals surface area contributed by atoms with Crippen molar-refractivity contribution >= 4 is 5.91 Å². The average molecular weight is 356 g/mol. The normalized spacial score (nSPS) is 31.7. The van der Waals surface area contributed by atoms with Crippen LogP contribution in [0.15, 0.2) is 30.3 Å². The first-order valence-corrected chi connectivity index (χ1v) is 10.6. The summed E-state index contributed by atoms with van der Waals surface area (Å²) in [6, 6.07) is 11.4. The highest BCUT2D eigenvalue weighted by Gasteiger charge is 2.38. The summed E-state index contributed by atoms with van der Waals surface area (Å²) in [4.78, 5) is 15.1. The summed E-state index contributed by atoms with van der Waals surface area (Å²) >= 11 is 0. The van der Waals surface area contributed by atoms with Gasteiger partial charge in [0.05, 0.1) is 6.04 Å². The molecule has 26 heavy (non-hydrogen) atoms. The number of benzene rings is 1. The number of hydrogen-bond acceptors (Lipinski definition) is 3. The topological polar surface area (TPSA) is 44.4 Å². The summed E-state index contributed by atoms with van der Waals surface area (Å²) in [6.45, 7) is 4.26. The Morgan fingerprint density at radius 1 is 1.15 bits per heavy atom. The van der Waals surface area contributed by atoms with E-state index in [2.05, 4.69) is 45.9 Å². The van der Waals surface area contributed by atoms with Crippen molar-refractivity contribution < 1.29 is 4.79 Å². The smallest absolute Gasteiger partial charge is 0.237 e. The first-order chi connectivity index (χ1) is 12.8. The number of amides is 1. The van der Waals surface area contributed by atoms with Gasteiger partial charge in [-0.15, -0.1) is 0 Å². The minimum atomic E-state index is 0.0543. The van der Waals surface area contributed by atoms with E-state index in [1.54, 1.807) is 0 Å². The van der Waals surface area contributed by atoms with Crippen LogP contribution in [0.4, 0.5) is 0 Å². The maximum atomic E-state index is 12.6. The van der Waals surface area contributed by atoms with Crippen LogP contribution in [-0.2, 0) is 11.2 Å². The van der Waals surface area contributed by atoms with Gasteiger partial charge in [0.1, 0.15) is 0 Å². The molecule has 0 bridgehead atoms. The van der Waals surface area contributed by atoms with Gasteiger partial charge < -0.3 is 15.5 Å². The van der Waals surface area contributed by atoms with E-state index in [4.69, 9.17) is 0 Å². The average Bonchev–Trinajstić information content (AvgIpc) is 3.32.